The summed E-state index contributed by atoms with van der Waals surface area (Å²) in [4.78, 5) is 16.4. The van der Waals surface area contributed by atoms with E-state index >= 15 is 0 Å². The van der Waals surface area contributed by atoms with Crippen LogP contribution in [0.3, 0.4) is 0 Å². The summed E-state index contributed by atoms with van der Waals surface area (Å²) in [6.07, 6.45) is 5.03. The molecular formula is C21H18F2N4O2. The number of aromatic nitrogens is 2. The predicted molar refractivity (Wildman–Crippen MR) is 104 cm³/mol. The molecule has 0 N–H and O–H groups in total. The number of halogens is 2. The highest BCUT2D eigenvalue weighted by Crippen LogP contribution is 2.47. The number of nitrogens with zero attached hydrogens (tertiary/aromatic N) is 4. The number of hydrogen-bond donors (Lipinski definition) is 0. The minimum atomic E-state index is -0.603. The van der Waals surface area contributed by atoms with Crippen LogP contribution in [-0.4, -0.2) is 27.6 Å². The summed E-state index contributed by atoms with van der Waals surface area (Å²) in [6.45, 7) is 1.20. The van der Waals surface area contributed by atoms with E-state index in [1.54, 1.807) is 18.6 Å². The maximum atomic E-state index is 14.7. The van der Waals surface area contributed by atoms with E-state index in [9.17, 15) is 18.9 Å². The predicted octanol–water partition coefficient (Wildman–Crippen LogP) is 4.56. The molecule has 1 saturated heterocycles. The minimum Gasteiger partial charge on any atom is -0.369 e. The van der Waals surface area contributed by atoms with Gasteiger partial charge in [-0.15, -0.1) is 0 Å². The Labute approximate surface area is 165 Å². The molecule has 2 aromatic carbocycles. The number of rotatable bonds is 3. The SMILES string of the molecule is O=[N+]([O-])c1ccc(N2CCC(C3c4c(F)cccc4-c4cncn43)CC2)c(F)c1. The van der Waals surface area contributed by atoms with E-state index in [-0.39, 0.29) is 23.5 Å². The van der Waals surface area contributed by atoms with Gasteiger partial charge in [0.2, 0.25) is 0 Å². The Kier molecular flexibility index (Phi) is 4.08. The van der Waals surface area contributed by atoms with Gasteiger partial charge in [-0.05, 0) is 30.9 Å². The van der Waals surface area contributed by atoms with E-state index < -0.39 is 10.7 Å². The van der Waals surface area contributed by atoms with Crippen LogP contribution in [0.15, 0.2) is 48.9 Å². The van der Waals surface area contributed by atoms with E-state index in [1.165, 1.54) is 18.2 Å². The van der Waals surface area contributed by atoms with E-state index in [0.29, 0.717) is 24.3 Å². The quantitative estimate of drug-likeness (QED) is 0.481. The molecule has 0 bridgehead atoms. The van der Waals surface area contributed by atoms with Gasteiger partial charge >= 0.3 is 0 Å². The molecule has 0 radical (unpaired) electrons. The highest BCUT2D eigenvalue weighted by atomic mass is 19.1. The number of nitro benzene ring substituents is 1. The van der Waals surface area contributed by atoms with Crippen LogP contribution in [0, 0.1) is 27.7 Å². The Hall–Kier alpha value is -3.29. The lowest BCUT2D eigenvalue weighted by Gasteiger charge is -2.37. The third-order valence-corrected chi connectivity index (χ3v) is 6.06. The number of imidazole rings is 1. The van der Waals surface area contributed by atoms with Crippen molar-refractivity contribution in [2.75, 3.05) is 18.0 Å². The van der Waals surface area contributed by atoms with Crippen molar-refractivity contribution in [2.45, 2.75) is 18.9 Å². The second-order valence-electron chi connectivity index (χ2n) is 7.55. The van der Waals surface area contributed by atoms with Crippen LogP contribution in [0.25, 0.3) is 11.3 Å². The molecule has 1 unspecified atom stereocenters. The fourth-order valence-corrected chi connectivity index (χ4v) is 4.72. The average Bonchev–Trinajstić information content (AvgIpc) is 3.30. The van der Waals surface area contributed by atoms with Crippen LogP contribution in [0.4, 0.5) is 20.2 Å². The molecule has 0 saturated carbocycles. The van der Waals surface area contributed by atoms with Gasteiger partial charge in [0, 0.05) is 30.3 Å². The molecule has 1 atom stereocenters. The minimum absolute atomic E-state index is 0.118. The van der Waals surface area contributed by atoms with Crippen LogP contribution < -0.4 is 4.90 Å². The third-order valence-electron chi connectivity index (χ3n) is 6.06. The van der Waals surface area contributed by atoms with Crippen LogP contribution in [-0.2, 0) is 0 Å². The molecule has 1 fully saturated rings. The lowest BCUT2D eigenvalue weighted by atomic mass is 9.85. The molecule has 5 rings (SSSR count). The summed E-state index contributed by atoms with van der Waals surface area (Å²) >= 11 is 0. The van der Waals surface area contributed by atoms with Gasteiger partial charge in [0.05, 0.1) is 40.9 Å². The zero-order chi connectivity index (χ0) is 20.1. The topological polar surface area (TPSA) is 64.2 Å². The summed E-state index contributed by atoms with van der Waals surface area (Å²) in [7, 11) is 0. The molecule has 1 aromatic heterocycles. The van der Waals surface area contributed by atoms with Crippen molar-refractivity contribution in [3.63, 3.8) is 0 Å². The standard InChI is InChI=1S/C21H18F2N4O2/c22-16-3-1-2-15-19-11-24-12-26(19)21(20(15)16)13-6-8-25(9-7-13)18-5-4-14(27(28)29)10-17(18)23/h1-5,10-13,21H,6-9H2. The Morgan fingerprint density at radius 3 is 2.62 bits per heavy atom. The van der Waals surface area contributed by atoms with Gasteiger partial charge in [0.1, 0.15) is 5.82 Å². The molecule has 8 heteroatoms. The van der Waals surface area contributed by atoms with E-state index in [0.717, 1.165) is 30.2 Å². The Bertz CT molecular complexity index is 1110. The molecule has 6 nitrogen and oxygen atoms in total. The van der Waals surface area contributed by atoms with Crippen LogP contribution >= 0.6 is 0 Å². The molecule has 0 amide bonds. The fraction of sp³-hybridized carbons (Fsp3) is 0.286. The number of non-ortho nitro benzene ring substituents is 1. The molecule has 148 valence electrons. The van der Waals surface area contributed by atoms with Gasteiger partial charge in [-0.3, -0.25) is 10.1 Å². The highest BCUT2D eigenvalue weighted by molar-refractivity contribution is 5.69. The van der Waals surface area contributed by atoms with Crippen molar-refractivity contribution < 1.29 is 13.7 Å². The van der Waals surface area contributed by atoms with E-state index in [4.69, 9.17) is 0 Å². The maximum absolute atomic E-state index is 14.7. The molecule has 2 aliphatic rings. The smallest absolute Gasteiger partial charge is 0.272 e. The largest absolute Gasteiger partial charge is 0.369 e. The first-order valence-electron chi connectivity index (χ1n) is 9.54. The number of piperidine rings is 1. The van der Waals surface area contributed by atoms with Gasteiger partial charge in [-0.1, -0.05) is 12.1 Å². The number of anilines is 1. The number of benzene rings is 2. The van der Waals surface area contributed by atoms with Crippen LogP contribution in [0.1, 0.15) is 24.4 Å². The lowest BCUT2D eigenvalue weighted by Crippen LogP contribution is -2.37. The number of hydrogen-bond acceptors (Lipinski definition) is 4. The van der Waals surface area contributed by atoms with Gasteiger partial charge in [0.15, 0.2) is 5.82 Å². The number of fused-ring (bicyclic) bond motifs is 3. The summed E-state index contributed by atoms with van der Waals surface area (Å²) < 4.78 is 31.1. The fourth-order valence-electron chi connectivity index (χ4n) is 4.72. The van der Waals surface area contributed by atoms with Gasteiger partial charge in [-0.2, -0.15) is 0 Å². The molecule has 0 spiro atoms. The zero-order valence-corrected chi connectivity index (χ0v) is 15.5. The third kappa shape index (κ3) is 2.78. The molecular weight excluding hydrogens is 378 g/mol. The summed E-state index contributed by atoms with van der Waals surface area (Å²) in [5.74, 6) is -0.606. The Morgan fingerprint density at radius 2 is 1.90 bits per heavy atom. The van der Waals surface area contributed by atoms with Crippen molar-refractivity contribution in [3.8, 4) is 11.3 Å². The highest BCUT2D eigenvalue weighted by Gasteiger charge is 2.38. The summed E-state index contributed by atoms with van der Waals surface area (Å²) in [5, 5.41) is 10.8. The second kappa shape index (κ2) is 6.65. The normalized spacial score (nSPS) is 18.6. The van der Waals surface area contributed by atoms with Crippen molar-refractivity contribution in [3.05, 3.63) is 76.2 Å². The lowest BCUT2D eigenvalue weighted by molar-refractivity contribution is -0.385. The van der Waals surface area contributed by atoms with Crippen LogP contribution in [0.5, 0.6) is 0 Å². The zero-order valence-electron chi connectivity index (χ0n) is 15.5. The van der Waals surface area contributed by atoms with Crippen molar-refractivity contribution in [1.29, 1.82) is 0 Å². The first-order chi connectivity index (χ1) is 14.0. The van der Waals surface area contributed by atoms with Crippen molar-refractivity contribution in [1.82, 2.24) is 9.55 Å². The number of nitro groups is 1. The van der Waals surface area contributed by atoms with Gasteiger partial charge < -0.3 is 9.47 Å². The van der Waals surface area contributed by atoms with Crippen LogP contribution in [0.2, 0.25) is 0 Å². The first kappa shape index (κ1) is 17.8. The Balaban J connectivity index is 1.39. The molecule has 0 aliphatic carbocycles. The van der Waals surface area contributed by atoms with Crippen molar-refractivity contribution in [2.24, 2.45) is 5.92 Å². The van der Waals surface area contributed by atoms with Gasteiger partial charge in [-0.25, -0.2) is 13.8 Å². The summed E-state index contributed by atoms with van der Waals surface area (Å²) in [5.41, 5.74) is 2.64. The van der Waals surface area contributed by atoms with E-state index in [2.05, 4.69) is 4.98 Å². The van der Waals surface area contributed by atoms with Crippen molar-refractivity contribution >= 4 is 11.4 Å². The average molecular weight is 396 g/mol. The molecule has 3 aromatic rings. The molecule has 29 heavy (non-hydrogen) atoms. The first-order valence-corrected chi connectivity index (χ1v) is 9.54. The summed E-state index contributed by atoms with van der Waals surface area (Å²) in [6, 6.07) is 8.76. The Morgan fingerprint density at radius 1 is 1.10 bits per heavy atom. The molecule has 2 aliphatic heterocycles. The van der Waals surface area contributed by atoms with E-state index in [1.807, 2.05) is 15.5 Å². The maximum Gasteiger partial charge on any atom is 0.272 e. The second-order valence-corrected chi connectivity index (χ2v) is 7.55. The van der Waals surface area contributed by atoms with Gasteiger partial charge in [0.25, 0.3) is 5.69 Å². The molecule has 3 heterocycles. The monoisotopic (exact) mass is 396 g/mol.